The highest BCUT2D eigenvalue weighted by Crippen LogP contribution is 2.61. The number of nitrogens with one attached hydrogen (secondary N) is 1. The Morgan fingerprint density at radius 2 is 1.85 bits per heavy atom. The molecule has 0 radical (unpaired) electrons. The van der Waals surface area contributed by atoms with Gasteiger partial charge in [-0.1, -0.05) is 51.1 Å². The van der Waals surface area contributed by atoms with Gasteiger partial charge in [0.15, 0.2) is 0 Å². The lowest BCUT2D eigenvalue weighted by atomic mass is 9.45. The van der Waals surface area contributed by atoms with E-state index in [9.17, 15) is 24.9 Å². The van der Waals surface area contributed by atoms with Crippen LogP contribution in [0.1, 0.15) is 56.5 Å². The molecule has 8 nitrogen and oxygen atoms in total. The number of hydrogen-bond acceptors (Lipinski definition) is 6. The number of fused-ring (bicyclic) bond motifs is 2. The van der Waals surface area contributed by atoms with Crippen molar-refractivity contribution in [1.29, 1.82) is 0 Å². The van der Waals surface area contributed by atoms with Gasteiger partial charge in [0, 0.05) is 12.0 Å². The zero-order valence-corrected chi connectivity index (χ0v) is 23.1. The number of rotatable bonds is 8. The molecule has 1 saturated heterocycles. The van der Waals surface area contributed by atoms with E-state index >= 15 is 0 Å². The SMILES string of the molecule is C[C@H](O)[C@@H]1[C@H](CO)ON(Cc2cccc(-c3ccc(C(=O)O)cc3)c2)[C@@H]1C(=O)NC1C[C@H]2C[C@@H]([C@@H]1C)C2(C)C. The van der Waals surface area contributed by atoms with Crippen LogP contribution in [0, 0.1) is 29.1 Å². The van der Waals surface area contributed by atoms with E-state index < -0.39 is 30.1 Å². The Labute approximate surface area is 229 Å². The summed E-state index contributed by atoms with van der Waals surface area (Å²) in [5.41, 5.74) is 3.22. The quantitative estimate of drug-likeness (QED) is 0.406. The number of hydrogen-bond donors (Lipinski definition) is 4. The number of hydroxylamine groups is 2. The van der Waals surface area contributed by atoms with E-state index in [-0.39, 0.29) is 30.7 Å². The van der Waals surface area contributed by atoms with Crippen LogP contribution in [0.15, 0.2) is 48.5 Å². The van der Waals surface area contributed by atoms with Gasteiger partial charge in [-0.3, -0.25) is 9.63 Å². The lowest BCUT2D eigenvalue weighted by Gasteiger charge is -2.62. The van der Waals surface area contributed by atoms with Gasteiger partial charge < -0.3 is 20.6 Å². The molecule has 3 saturated carbocycles. The van der Waals surface area contributed by atoms with E-state index in [2.05, 4.69) is 26.1 Å². The van der Waals surface area contributed by atoms with Gasteiger partial charge >= 0.3 is 5.97 Å². The Morgan fingerprint density at radius 3 is 2.44 bits per heavy atom. The monoisotopic (exact) mass is 536 g/mol. The number of carboxylic acids is 1. The molecular weight excluding hydrogens is 496 g/mol. The molecule has 4 aliphatic rings. The average Bonchev–Trinajstić information content (AvgIpc) is 3.28. The van der Waals surface area contributed by atoms with Crippen LogP contribution in [0.25, 0.3) is 11.1 Å². The zero-order valence-electron chi connectivity index (χ0n) is 23.1. The minimum Gasteiger partial charge on any atom is -0.478 e. The molecule has 2 bridgehead atoms. The van der Waals surface area contributed by atoms with Crippen molar-refractivity contribution in [2.24, 2.45) is 29.1 Å². The molecule has 1 aliphatic heterocycles. The number of aromatic carboxylic acids is 1. The van der Waals surface area contributed by atoms with E-state index in [4.69, 9.17) is 4.84 Å². The fourth-order valence-corrected chi connectivity index (χ4v) is 7.32. The number of aliphatic hydroxyl groups excluding tert-OH is 2. The number of aliphatic hydroxyl groups is 2. The number of benzene rings is 2. The molecule has 4 fully saturated rings. The Balaban J connectivity index is 1.36. The van der Waals surface area contributed by atoms with Crippen LogP contribution in [-0.2, 0) is 16.2 Å². The van der Waals surface area contributed by atoms with Crippen molar-refractivity contribution in [3.05, 3.63) is 59.7 Å². The third-order valence-corrected chi connectivity index (χ3v) is 9.79. The topological polar surface area (TPSA) is 119 Å². The first-order valence-corrected chi connectivity index (χ1v) is 14.0. The summed E-state index contributed by atoms with van der Waals surface area (Å²) in [6.45, 7) is 8.52. The van der Waals surface area contributed by atoms with Crippen molar-refractivity contribution >= 4 is 11.9 Å². The fraction of sp³-hybridized carbons (Fsp3) is 0.548. The van der Waals surface area contributed by atoms with Gasteiger partial charge in [-0.2, -0.15) is 5.06 Å². The second kappa shape index (κ2) is 10.7. The van der Waals surface area contributed by atoms with Gasteiger partial charge in [-0.05, 0) is 77.8 Å². The van der Waals surface area contributed by atoms with Gasteiger partial charge in [0.05, 0.1) is 24.8 Å². The largest absolute Gasteiger partial charge is 0.478 e. The number of nitrogens with zero attached hydrogens (tertiary/aromatic N) is 1. The van der Waals surface area contributed by atoms with Gasteiger partial charge in [-0.15, -0.1) is 0 Å². The minimum atomic E-state index is -0.972. The Hall–Kier alpha value is -2.78. The highest BCUT2D eigenvalue weighted by atomic mass is 16.7. The van der Waals surface area contributed by atoms with Gasteiger partial charge in [0.1, 0.15) is 12.1 Å². The summed E-state index contributed by atoms with van der Waals surface area (Å²) in [5.74, 6) is -0.166. The summed E-state index contributed by atoms with van der Waals surface area (Å²) >= 11 is 0. The summed E-state index contributed by atoms with van der Waals surface area (Å²) < 4.78 is 0. The maximum atomic E-state index is 13.8. The molecule has 2 aromatic rings. The van der Waals surface area contributed by atoms with Crippen molar-refractivity contribution < 1.29 is 29.7 Å². The highest BCUT2D eigenvalue weighted by Gasteiger charge is 2.57. The summed E-state index contributed by atoms with van der Waals surface area (Å²) in [7, 11) is 0. The van der Waals surface area contributed by atoms with Crippen LogP contribution >= 0.6 is 0 Å². The van der Waals surface area contributed by atoms with Gasteiger partial charge in [0.25, 0.3) is 0 Å². The smallest absolute Gasteiger partial charge is 0.335 e. The van der Waals surface area contributed by atoms with Crippen molar-refractivity contribution in [2.45, 2.75) is 71.4 Å². The van der Waals surface area contributed by atoms with Crippen molar-refractivity contribution in [3.63, 3.8) is 0 Å². The summed E-state index contributed by atoms with van der Waals surface area (Å²) in [6.07, 6.45) is 0.633. The lowest BCUT2D eigenvalue weighted by molar-refractivity contribution is -0.183. The van der Waals surface area contributed by atoms with Crippen molar-refractivity contribution in [3.8, 4) is 11.1 Å². The maximum absolute atomic E-state index is 13.8. The second-order valence-corrected chi connectivity index (χ2v) is 12.3. The van der Waals surface area contributed by atoms with Crippen LogP contribution < -0.4 is 5.32 Å². The van der Waals surface area contributed by atoms with Crippen LogP contribution in [0.2, 0.25) is 0 Å². The molecule has 8 atom stereocenters. The van der Waals surface area contributed by atoms with Crippen LogP contribution in [0.3, 0.4) is 0 Å². The molecule has 2 aromatic carbocycles. The standard InChI is InChI=1S/C31H40N2O6/c1-17-24-13-23(31(24,3)4)14-25(17)32-29(36)28-27(18(2)35)26(16-34)39-33(28)15-19-6-5-7-22(12-19)20-8-10-21(11-9-20)30(37)38/h5-12,17-18,23-28,34-35H,13-16H2,1-4H3,(H,32,36)(H,37,38)/t17-,18-,23+,24-,25?,26-,27+,28-/m0/s1. The molecular formula is C31H40N2O6. The summed E-state index contributed by atoms with van der Waals surface area (Å²) in [5, 5.41) is 34.8. The molecule has 210 valence electrons. The van der Waals surface area contributed by atoms with E-state index in [1.807, 2.05) is 24.3 Å². The van der Waals surface area contributed by atoms with Crippen molar-refractivity contribution in [1.82, 2.24) is 10.4 Å². The minimum absolute atomic E-state index is 0.0797. The second-order valence-electron chi connectivity index (χ2n) is 12.3. The number of carboxylic acid groups (broad SMARTS) is 1. The molecule has 0 spiro atoms. The molecule has 1 amide bonds. The lowest BCUT2D eigenvalue weighted by Crippen LogP contribution is -2.62. The first kappa shape index (κ1) is 27.8. The highest BCUT2D eigenvalue weighted by molar-refractivity contribution is 5.88. The van der Waals surface area contributed by atoms with Gasteiger partial charge in [0.2, 0.25) is 5.91 Å². The van der Waals surface area contributed by atoms with Gasteiger partial charge in [-0.25, -0.2) is 4.79 Å². The summed E-state index contributed by atoms with van der Waals surface area (Å²) in [4.78, 5) is 31.1. The Morgan fingerprint density at radius 1 is 1.13 bits per heavy atom. The maximum Gasteiger partial charge on any atom is 0.335 e. The number of carbonyl (C=O) groups is 2. The molecule has 1 unspecified atom stereocenters. The van der Waals surface area contributed by atoms with E-state index in [1.165, 1.54) is 6.42 Å². The first-order chi connectivity index (χ1) is 18.5. The molecule has 39 heavy (non-hydrogen) atoms. The third-order valence-electron chi connectivity index (χ3n) is 9.79. The molecule has 0 aromatic heterocycles. The van der Waals surface area contributed by atoms with E-state index in [1.54, 1.807) is 36.3 Å². The van der Waals surface area contributed by atoms with Crippen LogP contribution in [0.5, 0.6) is 0 Å². The van der Waals surface area contributed by atoms with Crippen LogP contribution in [0.4, 0.5) is 0 Å². The third kappa shape index (κ3) is 5.11. The molecule has 6 rings (SSSR count). The first-order valence-electron chi connectivity index (χ1n) is 14.0. The molecule has 3 aliphatic carbocycles. The Kier molecular flexibility index (Phi) is 7.59. The number of amides is 1. The predicted octanol–water partition coefficient (Wildman–Crippen LogP) is 3.71. The predicted molar refractivity (Wildman–Crippen MR) is 146 cm³/mol. The Bertz CT molecular complexity index is 1210. The van der Waals surface area contributed by atoms with E-state index in [0.29, 0.717) is 23.2 Å². The zero-order chi connectivity index (χ0) is 28.1. The van der Waals surface area contributed by atoms with Crippen molar-refractivity contribution in [2.75, 3.05) is 6.61 Å². The number of carbonyl (C=O) groups excluding carboxylic acids is 1. The molecule has 8 heteroatoms. The fourth-order valence-electron chi connectivity index (χ4n) is 7.32. The van der Waals surface area contributed by atoms with Crippen LogP contribution in [-0.4, -0.2) is 63.2 Å². The normalized spacial score (nSPS) is 32.3. The molecule has 1 heterocycles. The average molecular weight is 537 g/mol. The van der Waals surface area contributed by atoms with E-state index in [0.717, 1.165) is 23.1 Å². The molecule has 4 N–H and O–H groups in total. The summed E-state index contributed by atoms with van der Waals surface area (Å²) in [6, 6.07) is 13.8.